The first-order valence-electron chi connectivity index (χ1n) is 7.11. The number of ether oxygens (including phenoxy) is 1. The SMILES string of the molecule is OCc1ncccc1OCCCCCc1ccccc1. The number of nitrogens with zero attached hydrogens (tertiary/aromatic N) is 1. The lowest BCUT2D eigenvalue weighted by molar-refractivity contribution is 0.254. The van der Waals surface area contributed by atoms with Gasteiger partial charge in [-0.15, -0.1) is 0 Å². The molecule has 1 aromatic carbocycles. The van der Waals surface area contributed by atoms with Crippen molar-refractivity contribution in [1.82, 2.24) is 4.98 Å². The topological polar surface area (TPSA) is 42.4 Å². The van der Waals surface area contributed by atoms with Crippen molar-refractivity contribution in [2.24, 2.45) is 0 Å². The first kappa shape index (κ1) is 14.5. The van der Waals surface area contributed by atoms with Gasteiger partial charge in [-0.2, -0.15) is 0 Å². The molecule has 0 aliphatic carbocycles. The highest BCUT2D eigenvalue weighted by Crippen LogP contribution is 2.15. The number of hydrogen-bond donors (Lipinski definition) is 1. The lowest BCUT2D eigenvalue weighted by Gasteiger charge is -2.08. The number of aliphatic hydroxyl groups is 1. The number of aliphatic hydroxyl groups excluding tert-OH is 1. The minimum absolute atomic E-state index is 0.0792. The molecule has 0 aliphatic rings. The zero-order valence-corrected chi connectivity index (χ0v) is 11.7. The molecule has 0 atom stereocenters. The fourth-order valence-corrected chi connectivity index (χ4v) is 2.11. The van der Waals surface area contributed by atoms with E-state index in [1.165, 1.54) is 12.0 Å². The highest BCUT2D eigenvalue weighted by atomic mass is 16.5. The molecule has 2 aromatic rings. The zero-order chi connectivity index (χ0) is 14.0. The number of aromatic nitrogens is 1. The summed E-state index contributed by atoms with van der Waals surface area (Å²) in [5.74, 6) is 0.693. The molecule has 3 nitrogen and oxygen atoms in total. The fourth-order valence-electron chi connectivity index (χ4n) is 2.11. The molecule has 0 unspecified atom stereocenters. The Morgan fingerprint density at radius 2 is 1.80 bits per heavy atom. The first-order chi connectivity index (χ1) is 9.90. The van der Waals surface area contributed by atoms with Gasteiger partial charge in [-0.05, 0) is 43.4 Å². The molecule has 0 amide bonds. The van der Waals surface area contributed by atoms with Crippen LogP contribution in [0.2, 0.25) is 0 Å². The summed E-state index contributed by atoms with van der Waals surface area (Å²) < 4.78 is 5.66. The number of benzene rings is 1. The minimum atomic E-state index is -0.0792. The normalized spacial score (nSPS) is 10.4. The molecule has 0 saturated heterocycles. The summed E-state index contributed by atoms with van der Waals surface area (Å²) >= 11 is 0. The molecule has 3 heteroatoms. The van der Waals surface area contributed by atoms with Crippen molar-refractivity contribution in [2.45, 2.75) is 32.3 Å². The molecular weight excluding hydrogens is 250 g/mol. The number of aryl methyl sites for hydroxylation is 1. The summed E-state index contributed by atoms with van der Waals surface area (Å²) in [5.41, 5.74) is 2.00. The van der Waals surface area contributed by atoms with E-state index in [4.69, 9.17) is 9.84 Å². The highest BCUT2D eigenvalue weighted by molar-refractivity contribution is 5.26. The van der Waals surface area contributed by atoms with Crippen molar-refractivity contribution in [1.29, 1.82) is 0 Å². The van der Waals surface area contributed by atoms with Gasteiger partial charge in [0.25, 0.3) is 0 Å². The van der Waals surface area contributed by atoms with E-state index in [-0.39, 0.29) is 6.61 Å². The van der Waals surface area contributed by atoms with Crippen LogP contribution in [-0.2, 0) is 13.0 Å². The predicted molar refractivity (Wildman–Crippen MR) is 79.7 cm³/mol. The summed E-state index contributed by atoms with van der Waals surface area (Å²) in [7, 11) is 0. The molecule has 0 saturated carbocycles. The molecule has 1 N–H and O–H groups in total. The van der Waals surface area contributed by atoms with Gasteiger partial charge in [-0.3, -0.25) is 4.98 Å². The third-order valence-corrected chi connectivity index (χ3v) is 3.21. The summed E-state index contributed by atoms with van der Waals surface area (Å²) in [4.78, 5) is 4.08. The second-order valence-corrected chi connectivity index (χ2v) is 4.75. The third-order valence-electron chi connectivity index (χ3n) is 3.21. The average Bonchev–Trinajstić information content (AvgIpc) is 2.52. The molecular formula is C17H21NO2. The Hall–Kier alpha value is -1.87. The van der Waals surface area contributed by atoms with E-state index in [9.17, 15) is 0 Å². The summed E-state index contributed by atoms with van der Waals surface area (Å²) in [6, 6.07) is 14.2. The maximum absolute atomic E-state index is 9.14. The number of hydrogen-bond acceptors (Lipinski definition) is 3. The van der Waals surface area contributed by atoms with Crippen LogP contribution < -0.4 is 4.74 Å². The Kier molecular flexibility index (Phi) is 6.06. The van der Waals surface area contributed by atoms with Crippen molar-refractivity contribution >= 4 is 0 Å². The molecule has 0 fully saturated rings. The standard InChI is InChI=1S/C17H21NO2/c19-14-16-17(11-7-12-18-16)20-13-6-2-5-10-15-8-3-1-4-9-15/h1,3-4,7-9,11-12,19H,2,5-6,10,13-14H2. The van der Waals surface area contributed by atoms with E-state index in [1.807, 2.05) is 18.2 Å². The molecule has 0 radical (unpaired) electrons. The number of pyridine rings is 1. The van der Waals surface area contributed by atoms with Crippen molar-refractivity contribution in [2.75, 3.05) is 6.61 Å². The van der Waals surface area contributed by atoms with Gasteiger partial charge in [-0.25, -0.2) is 0 Å². The Balaban J connectivity index is 1.62. The summed E-state index contributed by atoms with van der Waals surface area (Å²) in [5, 5.41) is 9.14. The van der Waals surface area contributed by atoms with Crippen molar-refractivity contribution < 1.29 is 9.84 Å². The maximum Gasteiger partial charge on any atom is 0.143 e. The lowest BCUT2D eigenvalue weighted by Crippen LogP contribution is -2.02. The molecule has 20 heavy (non-hydrogen) atoms. The largest absolute Gasteiger partial charge is 0.492 e. The van der Waals surface area contributed by atoms with E-state index >= 15 is 0 Å². The molecule has 0 spiro atoms. The number of rotatable bonds is 8. The second kappa shape index (κ2) is 8.33. The van der Waals surface area contributed by atoms with Crippen LogP contribution in [0.5, 0.6) is 5.75 Å². The third kappa shape index (κ3) is 4.67. The van der Waals surface area contributed by atoms with E-state index in [0.29, 0.717) is 18.1 Å². The van der Waals surface area contributed by atoms with Crippen LogP contribution in [0.4, 0.5) is 0 Å². The van der Waals surface area contributed by atoms with Crippen molar-refractivity contribution in [3.05, 3.63) is 59.9 Å². The summed E-state index contributed by atoms with van der Waals surface area (Å²) in [6.45, 7) is 0.595. The monoisotopic (exact) mass is 271 g/mol. The van der Waals surface area contributed by atoms with Crippen molar-refractivity contribution in [3.63, 3.8) is 0 Å². The van der Waals surface area contributed by atoms with Crippen LogP contribution in [0.1, 0.15) is 30.5 Å². The van der Waals surface area contributed by atoms with Gasteiger partial charge < -0.3 is 9.84 Å². The van der Waals surface area contributed by atoms with E-state index < -0.39 is 0 Å². The van der Waals surface area contributed by atoms with Gasteiger partial charge in [0, 0.05) is 6.20 Å². The van der Waals surface area contributed by atoms with Crippen molar-refractivity contribution in [3.8, 4) is 5.75 Å². The van der Waals surface area contributed by atoms with Gasteiger partial charge in [0.05, 0.1) is 13.2 Å². The van der Waals surface area contributed by atoms with Gasteiger partial charge in [0.15, 0.2) is 0 Å². The van der Waals surface area contributed by atoms with Gasteiger partial charge in [-0.1, -0.05) is 30.3 Å². The zero-order valence-electron chi connectivity index (χ0n) is 11.7. The fraction of sp³-hybridized carbons (Fsp3) is 0.353. The Morgan fingerprint density at radius 1 is 0.950 bits per heavy atom. The highest BCUT2D eigenvalue weighted by Gasteiger charge is 2.02. The Labute approximate surface area is 120 Å². The quantitative estimate of drug-likeness (QED) is 0.749. The smallest absolute Gasteiger partial charge is 0.143 e. The van der Waals surface area contributed by atoms with Crippen LogP contribution in [0, 0.1) is 0 Å². The van der Waals surface area contributed by atoms with Crippen LogP contribution in [0.3, 0.4) is 0 Å². The first-order valence-corrected chi connectivity index (χ1v) is 7.11. The minimum Gasteiger partial charge on any atom is -0.492 e. The Bertz CT molecular complexity index is 499. The predicted octanol–water partition coefficient (Wildman–Crippen LogP) is 3.37. The Morgan fingerprint density at radius 3 is 2.60 bits per heavy atom. The van der Waals surface area contributed by atoms with Gasteiger partial charge in [0.1, 0.15) is 11.4 Å². The molecule has 0 bridgehead atoms. The van der Waals surface area contributed by atoms with Crippen LogP contribution >= 0.6 is 0 Å². The van der Waals surface area contributed by atoms with Crippen LogP contribution in [0.25, 0.3) is 0 Å². The van der Waals surface area contributed by atoms with Crippen LogP contribution in [-0.4, -0.2) is 16.7 Å². The molecule has 0 aliphatic heterocycles. The van der Waals surface area contributed by atoms with E-state index in [2.05, 4.69) is 29.2 Å². The lowest BCUT2D eigenvalue weighted by atomic mass is 10.1. The number of unbranched alkanes of at least 4 members (excludes halogenated alkanes) is 2. The van der Waals surface area contributed by atoms with E-state index in [0.717, 1.165) is 19.3 Å². The second-order valence-electron chi connectivity index (χ2n) is 4.75. The summed E-state index contributed by atoms with van der Waals surface area (Å²) in [6.07, 6.45) is 6.12. The molecule has 1 aromatic heterocycles. The van der Waals surface area contributed by atoms with Crippen LogP contribution in [0.15, 0.2) is 48.7 Å². The van der Waals surface area contributed by atoms with E-state index in [1.54, 1.807) is 6.20 Å². The maximum atomic E-state index is 9.14. The van der Waals surface area contributed by atoms with Gasteiger partial charge in [0.2, 0.25) is 0 Å². The molecule has 2 rings (SSSR count). The molecule has 1 heterocycles. The molecule has 106 valence electrons. The van der Waals surface area contributed by atoms with Gasteiger partial charge >= 0.3 is 0 Å². The average molecular weight is 271 g/mol.